The maximum absolute atomic E-state index is 13.8. The van der Waals surface area contributed by atoms with Crippen molar-refractivity contribution in [2.24, 2.45) is 11.0 Å². The molecule has 2 heterocycles. The maximum atomic E-state index is 13.8. The Balaban J connectivity index is 1.91. The first-order chi connectivity index (χ1) is 17.9. The number of aliphatic hydroxyl groups is 1. The Morgan fingerprint density at radius 1 is 1.32 bits per heavy atom. The number of nitrogens with zero attached hydrogens (tertiary/aromatic N) is 4. The van der Waals surface area contributed by atoms with Crippen LogP contribution in [0.25, 0.3) is 10.4 Å². The number of aromatic nitrogens is 2. The fourth-order valence-corrected chi connectivity index (χ4v) is 5.22. The summed E-state index contributed by atoms with van der Waals surface area (Å²) in [5.74, 6) is -1.45. The molecule has 0 radical (unpaired) electrons. The minimum absolute atomic E-state index is 0.129. The number of esters is 1. The van der Waals surface area contributed by atoms with Crippen molar-refractivity contribution in [2.45, 2.75) is 57.9 Å². The molecule has 38 heavy (non-hydrogen) atoms. The van der Waals surface area contributed by atoms with Gasteiger partial charge in [-0.3, -0.25) is 23.7 Å². The van der Waals surface area contributed by atoms with E-state index >= 15 is 0 Å². The quantitative estimate of drug-likeness (QED) is 0.122. The van der Waals surface area contributed by atoms with Crippen molar-refractivity contribution in [2.75, 3.05) is 6.61 Å². The van der Waals surface area contributed by atoms with Gasteiger partial charge in [-0.05, 0) is 38.4 Å². The average Bonchev–Trinajstić information content (AvgIpc) is 3.09. The van der Waals surface area contributed by atoms with Crippen LogP contribution in [0.15, 0.2) is 57.3 Å². The Morgan fingerprint density at radius 2 is 2.00 bits per heavy atom. The first-order valence-corrected chi connectivity index (χ1v) is 13.1. The van der Waals surface area contributed by atoms with Crippen molar-refractivity contribution in [1.29, 1.82) is 0 Å². The van der Waals surface area contributed by atoms with E-state index in [4.69, 9.17) is 18.5 Å². The van der Waals surface area contributed by atoms with Gasteiger partial charge >= 0.3 is 19.4 Å². The molecule has 0 saturated carbocycles. The molecule has 3 N–H and O–H groups in total. The minimum atomic E-state index is -4.41. The largest absolute Gasteiger partial charge is 0.462 e. The molecule has 15 nitrogen and oxygen atoms in total. The van der Waals surface area contributed by atoms with Crippen molar-refractivity contribution in [3.8, 4) is 5.75 Å². The molecule has 6 atom stereocenters. The lowest BCUT2D eigenvalue weighted by Crippen LogP contribution is -2.44. The van der Waals surface area contributed by atoms with Gasteiger partial charge < -0.3 is 19.1 Å². The van der Waals surface area contributed by atoms with E-state index in [-0.39, 0.29) is 5.75 Å². The van der Waals surface area contributed by atoms with E-state index in [9.17, 15) is 29.6 Å². The number of hydrogen-bond donors (Lipinski definition) is 3. The van der Waals surface area contributed by atoms with Crippen molar-refractivity contribution < 1.29 is 33.0 Å². The number of ether oxygens (including phenoxy) is 2. The number of rotatable bonds is 11. The van der Waals surface area contributed by atoms with Crippen LogP contribution in [0.3, 0.4) is 0 Å². The lowest BCUT2D eigenvalue weighted by atomic mass is 9.98. The molecule has 0 amide bonds. The van der Waals surface area contributed by atoms with Crippen LogP contribution in [-0.2, 0) is 23.4 Å². The van der Waals surface area contributed by atoms with Gasteiger partial charge in [0.05, 0.1) is 18.8 Å². The summed E-state index contributed by atoms with van der Waals surface area (Å²) in [6, 6.07) is 7.87. The van der Waals surface area contributed by atoms with Gasteiger partial charge in [0.1, 0.15) is 18.0 Å². The highest BCUT2D eigenvalue weighted by Gasteiger charge is 2.55. The van der Waals surface area contributed by atoms with Crippen LogP contribution in [0.1, 0.15) is 33.9 Å². The highest BCUT2D eigenvalue weighted by atomic mass is 31.2. The van der Waals surface area contributed by atoms with Crippen molar-refractivity contribution in [3.05, 3.63) is 73.9 Å². The van der Waals surface area contributed by atoms with Gasteiger partial charge in [0.2, 0.25) is 0 Å². The first-order valence-electron chi connectivity index (χ1n) is 11.6. The van der Waals surface area contributed by atoms with Gasteiger partial charge in [0, 0.05) is 23.1 Å². The van der Waals surface area contributed by atoms with Crippen molar-refractivity contribution in [1.82, 2.24) is 14.6 Å². The fraction of sp³-hybridized carbons (Fsp3) is 0.500. The van der Waals surface area contributed by atoms with Gasteiger partial charge in [0.25, 0.3) is 5.56 Å². The lowest BCUT2D eigenvalue weighted by molar-refractivity contribution is -0.149. The van der Waals surface area contributed by atoms with E-state index in [1.54, 1.807) is 32.0 Å². The predicted molar refractivity (Wildman–Crippen MR) is 133 cm³/mol. The Labute approximate surface area is 216 Å². The van der Waals surface area contributed by atoms with Gasteiger partial charge in [-0.1, -0.05) is 30.2 Å². The zero-order valence-corrected chi connectivity index (χ0v) is 22.0. The highest BCUT2D eigenvalue weighted by Crippen LogP contribution is 2.49. The van der Waals surface area contributed by atoms with Crippen LogP contribution in [-0.4, -0.2) is 51.2 Å². The summed E-state index contributed by atoms with van der Waals surface area (Å²) in [7, 11) is -4.41. The maximum Gasteiger partial charge on any atom is 0.459 e. The van der Waals surface area contributed by atoms with Crippen LogP contribution in [0.2, 0.25) is 0 Å². The zero-order valence-electron chi connectivity index (χ0n) is 21.1. The summed E-state index contributed by atoms with van der Waals surface area (Å²) >= 11 is 0. The van der Waals surface area contributed by atoms with Crippen molar-refractivity contribution in [3.63, 3.8) is 0 Å². The molecule has 0 spiro atoms. The summed E-state index contributed by atoms with van der Waals surface area (Å²) in [6.07, 6.45) is -2.01. The normalized spacial score (nSPS) is 25.3. The van der Waals surface area contributed by atoms with Crippen LogP contribution >= 0.6 is 7.75 Å². The van der Waals surface area contributed by atoms with Gasteiger partial charge in [0.15, 0.2) is 5.72 Å². The zero-order chi connectivity index (χ0) is 28.1. The number of benzene rings is 1. The van der Waals surface area contributed by atoms with Crippen LogP contribution in [0.5, 0.6) is 5.75 Å². The van der Waals surface area contributed by atoms with Crippen LogP contribution in [0.4, 0.5) is 0 Å². The van der Waals surface area contributed by atoms with E-state index < -0.39 is 67.7 Å². The smallest absolute Gasteiger partial charge is 0.459 e. The molecule has 1 aliphatic rings. The predicted octanol–water partition coefficient (Wildman–Crippen LogP) is 2.20. The average molecular weight is 552 g/mol. The number of azide groups is 1. The minimum Gasteiger partial charge on any atom is -0.462 e. The molecule has 1 aromatic carbocycles. The summed E-state index contributed by atoms with van der Waals surface area (Å²) in [4.78, 5) is 41.0. The number of H-pyrrole nitrogens is 1. The molecule has 1 saturated heterocycles. The molecule has 0 bridgehead atoms. The second-order valence-electron chi connectivity index (χ2n) is 8.88. The topological polar surface area (TPSA) is 207 Å². The molecule has 1 aliphatic heterocycles. The third-order valence-electron chi connectivity index (χ3n) is 5.54. The number of aromatic amines is 1. The summed E-state index contributed by atoms with van der Waals surface area (Å²) < 4.78 is 36.9. The molecule has 0 aliphatic carbocycles. The lowest BCUT2D eigenvalue weighted by Gasteiger charge is -2.30. The van der Waals surface area contributed by atoms with E-state index in [0.717, 1.165) is 16.8 Å². The van der Waals surface area contributed by atoms with Crippen molar-refractivity contribution >= 4 is 13.7 Å². The number of carbonyl (C=O) groups excluding carboxylic acids is 1. The van der Waals surface area contributed by atoms with E-state index in [1.165, 1.54) is 26.0 Å². The molecule has 1 aromatic heterocycles. The molecular weight excluding hydrogens is 523 g/mol. The summed E-state index contributed by atoms with van der Waals surface area (Å²) in [5.41, 5.74) is 5.61. The highest BCUT2D eigenvalue weighted by molar-refractivity contribution is 7.52. The van der Waals surface area contributed by atoms with Gasteiger partial charge in [-0.25, -0.2) is 9.36 Å². The first kappa shape index (κ1) is 29.1. The molecule has 16 heteroatoms. The Kier molecular flexibility index (Phi) is 9.15. The SMILES string of the molecule is CC(C)OC(=O)[C@H](C)NP(=O)(OC[C@@]1(N=[N+]=[N-])O[C@@H](n2ccc(=O)[nH]c2=O)[C@@H](C)[C@@H]1O)Oc1ccccc1. The van der Waals surface area contributed by atoms with E-state index in [1.807, 2.05) is 0 Å². The second-order valence-corrected chi connectivity index (χ2v) is 10.6. The molecule has 1 unspecified atom stereocenters. The molecular formula is C22H29N6O9P. The standard InChI is InChI=1S/C22H29N6O9P/c1-13(2)35-20(31)15(4)25-38(33,37-16-8-6-5-7-9-16)34-12-22(26-27-23)18(30)14(3)19(36-22)28-11-10-17(29)24-21(28)32/h5-11,13-15,18-19,30H,12H2,1-4H3,(H,25,33)(H,24,29,32)/t14-,15-,18-,19+,22+,38?/m0/s1. The van der Waals surface area contributed by atoms with Gasteiger partial charge in [-0.15, -0.1) is 0 Å². The Bertz CT molecular complexity index is 1340. The Morgan fingerprint density at radius 3 is 2.61 bits per heavy atom. The molecule has 2 aromatic rings. The number of para-hydroxylation sites is 1. The second kappa shape index (κ2) is 11.9. The monoisotopic (exact) mass is 552 g/mol. The third kappa shape index (κ3) is 6.70. The number of aliphatic hydroxyl groups excluding tert-OH is 1. The summed E-state index contributed by atoms with van der Waals surface area (Å²) in [6.45, 7) is 5.40. The molecule has 3 rings (SSSR count). The summed E-state index contributed by atoms with van der Waals surface area (Å²) in [5, 5.41) is 17.0. The van der Waals surface area contributed by atoms with Crippen LogP contribution < -0.4 is 20.9 Å². The van der Waals surface area contributed by atoms with Gasteiger partial charge in [-0.2, -0.15) is 5.09 Å². The van der Waals surface area contributed by atoms with E-state index in [0.29, 0.717) is 0 Å². The molecule has 206 valence electrons. The van der Waals surface area contributed by atoms with E-state index in [2.05, 4.69) is 20.1 Å². The van der Waals surface area contributed by atoms with Crippen LogP contribution in [0, 0.1) is 5.92 Å². The number of hydrogen-bond acceptors (Lipinski definition) is 10. The third-order valence-corrected chi connectivity index (χ3v) is 7.17. The Hall–Kier alpha value is -3.45. The molecule has 1 fully saturated rings. The number of nitrogens with one attached hydrogen (secondary N) is 2. The number of carbonyl (C=O) groups is 1. The fourth-order valence-electron chi connectivity index (χ4n) is 3.71.